The Morgan fingerprint density at radius 3 is 2.58 bits per heavy atom. The first-order valence-electron chi connectivity index (χ1n) is 10.5. The van der Waals surface area contributed by atoms with Gasteiger partial charge in [0.2, 0.25) is 23.4 Å². The third-order valence-electron chi connectivity index (χ3n) is 5.27. The number of amides is 1. The van der Waals surface area contributed by atoms with Crippen molar-refractivity contribution in [1.29, 1.82) is 0 Å². The molecule has 10 nitrogen and oxygen atoms in total. The molecule has 0 aliphatic carbocycles. The van der Waals surface area contributed by atoms with Crippen LogP contribution in [0.15, 0.2) is 50.8 Å². The molecule has 0 atom stereocenters. The molecule has 3 aromatic heterocycles. The Hall–Kier alpha value is -3.57. The van der Waals surface area contributed by atoms with Crippen LogP contribution in [0, 0.1) is 6.92 Å². The van der Waals surface area contributed by atoms with Crippen molar-refractivity contribution in [3.05, 3.63) is 64.9 Å². The molecular weight excluding hydrogens is 444 g/mol. The van der Waals surface area contributed by atoms with Gasteiger partial charge in [-0.1, -0.05) is 16.4 Å². The molecule has 0 N–H and O–H groups in total. The third-order valence-corrected chi connectivity index (χ3v) is 6.13. The fourth-order valence-corrected chi connectivity index (χ4v) is 4.20. The van der Waals surface area contributed by atoms with Crippen molar-refractivity contribution in [2.24, 2.45) is 0 Å². The largest absolute Gasteiger partial charge is 0.485 e. The standard InChI is InChI=1S/C22H22N6O4S/c1-15-23-19(25-31-15)14-30-17-6-4-16(5-7-17)22(29)28-10-8-27(9-11-28)13-20-24-21(26-32-20)18-3-2-12-33-18/h2-7,12H,8-11,13-14H2,1H3. The molecule has 33 heavy (non-hydrogen) atoms. The molecule has 1 aromatic carbocycles. The molecule has 11 heteroatoms. The Morgan fingerprint density at radius 1 is 1.06 bits per heavy atom. The van der Waals surface area contributed by atoms with Gasteiger partial charge in [0.25, 0.3) is 5.91 Å². The molecule has 1 amide bonds. The smallest absolute Gasteiger partial charge is 0.253 e. The van der Waals surface area contributed by atoms with Gasteiger partial charge >= 0.3 is 0 Å². The second kappa shape index (κ2) is 9.51. The minimum absolute atomic E-state index is 0.00719. The maximum Gasteiger partial charge on any atom is 0.253 e. The first-order valence-corrected chi connectivity index (χ1v) is 11.4. The molecular formula is C22H22N6O4S. The van der Waals surface area contributed by atoms with Gasteiger partial charge in [-0.3, -0.25) is 9.69 Å². The van der Waals surface area contributed by atoms with Crippen LogP contribution >= 0.6 is 11.3 Å². The predicted octanol–water partition coefficient (Wildman–Crippen LogP) is 3.03. The van der Waals surface area contributed by atoms with Crippen molar-refractivity contribution in [3.63, 3.8) is 0 Å². The van der Waals surface area contributed by atoms with Crippen molar-refractivity contribution in [2.45, 2.75) is 20.1 Å². The highest BCUT2D eigenvalue weighted by atomic mass is 32.1. The van der Waals surface area contributed by atoms with Crippen LogP contribution in [0.5, 0.6) is 5.75 Å². The Morgan fingerprint density at radius 2 is 1.88 bits per heavy atom. The molecule has 0 radical (unpaired) electrons. The van der Waals surface area contributed by atoms with Crippen LogP contribution in [0.1, 0.15) is 28.0 Å². The van der Waals surface area contributed by atoms with Crippen LogP contribution in [0.4, 0.5) is 0 Å². The molecule has 0 spiro atoms. The number of carbonyl (C=O) groups excluding carboxylic acids is 1. The fourth-order valence-electron chi connectivity index (χ4n) is 3.55. The highest BCUT2D eigenvalue weighted by Gasteiger charge is 2.23. The summed E-state index contributed by atoms with van der Waals surface area (Å²) in [6.45, 7) is 5.28. The number of aromatic nitrogens is 4. The molecule has 1 saturated heterocycles. The molecule has 1 fully saturated rings. The van der Waals surface area contributed by atoms with Crippen molar-refractivity contribution in [3.8, 4) is 16.5 Å². The third kappa shape index (κ3) is 5.10. The van der Waals surface area contributed by atoms with E-state index in [-0.39, 0.29) is 12.5 Å². The highest BCUT2D eigenvalue weighted by molar-refractivity contribution is 7.13. The van der Waals surface area contributed by atoms with Crippen LogP contribution in [-0.2, 0) is 13.2 Å². The normalized spacial score (nSPS) is 14.5. The molecule has 0 saturated carbocycles. The number of piperazine rings is 1. The van der Waals surface area contributed by atoms with E-state index in [1.807, 2.05) is 22.4 Å². The van der Waals surface area contributed by atoms with Crippen molar-refractivity contribution in [1.82, 2.24) is 30.1 Å². The number of nitrogens with zero attached hydrogens (tertiary/aromatic N) is 6. The van der Waals surface area contributed by atoms with Gasteiger partial charge in [-0.25, -0.2) is 0 Å². The summed E-state index contributed by atoms with van der Waals surface area (Å²) in [6, 6.07) is 11.0. The first-order chi connectivity index (χ1) is 16.1. The molecule has 170 valence electrons. The number of hydrogen-bond acceptors (Lipinski definition) is 10. The zero-order chi connectivity index (χ0) is 22.6. The highest BCUT2D eigenvalue weighted by Crippen LogP contribution is 2.22. The Labute approximate surface area is 193 Å². The summed E-state index contributed by atoms with van der Waals surface area (Å²) < 4.78 is 16.0. The number of thiophene rings is 1. The number of aryl methyl sites for hydroxylation is 1. The monoisotopic (exact) mass is 466 g/mol. The SMILES string of the molecule is Cc1nc(COc2ccc(C(=O)N3CCN(Cc4nc(-c5cccs5)no4)CC3)cc2)no1. The topological polar surface area (TPSA) is 111 Å². The summed E-state index contributed by atoms with van der Waals surface area (Å²) in [4.78, 5) is 26.5. The van der Waals surface area contributed by atoms with E-state index in [9.17, 15) is 4.79 Å². The van der Waals surface area contributed by atoms with E-state index in [2.05, 4.69) is 25.2 Å². The van der Waals surface area contributed by atoms with Crippen LogP contribution in [-0.4, -0.2) is 62.2 Å². The zero-order valence-corrected chi connectivity index (χ0v) is 18.8. The van der Waals surface area contributed by atoms with E-state index >= 15 is 0 Å². The van der Waals surface area contributed by atoms with Gasteiger partial charge in [0.05, 0.1) is 11.4 Å². The van der Waals surface area contributed by atoms with E-state index in [1.54, 1.807) is 42.5 Å². The van der Waals surface area contributed by atoms with Gasteiger partial charge in [0, 0.05) is 38.7 Å². The minimum Gasteiger partial charge on any atom is -0.485 e. The summed E-state index contributed by atoms with van der Waals surface area (Å²) in [5, 5.41) is 9.84. The first kappa shape index (κ1) is 21.3. The van der Waals surface area contributed by atoms with Crippen LogP contribution < -0.4 is 4.74 Å². The molecule has 4 heterocycles. The van der Waals surface area contributed by atoms with E-state index in [0.717, 1.165) is 18.0 Å². The van der Waals surface area contributed by atoms with Gasteiger partial charge in [-0.2, -0.15) is 9.97 Å². The van der Waals surface area contributed by atoms with E-state index < -0.39 is 0 Å². The van der Waals surface area contributed by atoms with E-state index in [4.69, 9.17) is 13.8 Å². The summed E-state index contributed by atoms with van der Waals surface area (Å²) in [6.07, 6.45) is 0. The predicted molar refractivity (Wildman–Crippen MR) is 119 cm³/mol. The second-order valence-corrected chi connectivity index (χ2v) is 8.55. The lowest BCUT2D eigenvalue weighted by Crippen LogP contribution is -2.48. The Bertz CT molecular complexity index is 1200. The zero-order valence-electron chi connectivity index (χ0n) is 18.0. The van der Waals surface area contributed by atoms with Crippen LogP contribution in [0.3, 0.4) is 0 Å². The van der Waals surface area contributed by atoms with E-state index in [0.29, 0.717) is 54.4 Å². The number of ether oxygens (including phenoxy) is 1. The number of hydrogen-bond donors (Lipinski definition) is 0. The van der Waals surface area contributed by atoms with Gasteiger partial charge in [-0.15, -0.1) is 11.3 Å². The lowest BCUT2D eigenvalue weighted by atomic mass is 10.1. The lowest BCUT2D eigenvalue weighted by molar-refractivity contribution is 0.0615. The quantitative estimate of drug-likeness (QED) is 0.406. The van der Waals surface area contributed by atoms with Gasteiger partial charge in [0.1, 0.15) is 5.75 Å². The Kier molecular flexibility index (Phi) is 6.13. The minimum atomic E-state index is 0.00719. The van der Waals surface area contributed by atoms with Crippen molar-refractivity contribution in [2.75, 3.05) is 26.2 Å². The number of rotatable bonds is 7. The molecule has 0 bridgehead atoms. The fraction of sp³-hybridized carbons (Fsp3) is 0.318. The molecule has 5 rings (SSSR count). The average molecular weight is 467 g/mol. The number of benzene rings is 1. The molecule has 0 unspecified atom stereocenters. The van der Waals surface area contributed by atoms with Crippen molar-refractivity contribution >= 4 is 17.2 Å². The van der Waals surface area contributed by atoms with Gasteiger partial charge in [-0.05, 0) is 35.7 Å². The number of carbonyl (C=O) groups is 1. The Balaban J connectivity index is 1.10. The summed E-state index contributed by atoms with van der Waals surface area (Å²) >= 11 is 1.58. The van der Waals surface area contributed by atoms with Crippen LogP contribution in [0.2, 0.25) is 0 Å². The van der Waals surface area contributed by atoms with Gasteiger partial charge < -0.3 is 18.7 Å². The van der Waals surface area contributed by atoms with Gasteiger partial charge in [0.15, 0.2) is 6.61 Å². The summed E-state index contributed by atoms with van der Waals surface area (Å²) in [5.41, 5.74) is 0.628. The molecule has 1 aliphatic rings. The molecule has 1 aliphatic heterocycles. The van der Waals surface area contributed by atoms with Crippen molar-refractivity contribution < 1.29 is 18.6 Å². The summed E-state index contributed by atoms with van der Waals surface area (Å²) in [5.74, 6) is 2.83. The lowest BCUT2D eigenvalue weighted by Gasteiger charge is -2.34. The van der Waals surface area contributed by atoms with Crippen LogP contribution in [0.25, 0.3) is 10.7 Å². The van der Waals surface area contributed by atoms with E-state index in [1.165, 1.54) is 0 Å². The summed E-state index contributed by atoms with van der Waals surface area (Å²) in [7, 11) is 0. The maximum atomic E-state index is 12.9. The average Bonchev–Trinajstić information content (AvgIpc) is 3.60. The second-order valence-electron chi connectivity index (χ2n) is 7.60. The molecule has 4 aromatic rings. The maximum absolute atomic E-state index is 12.9.